The van der Waals surface area contributed by atoms with Gasteiger partial charge in [0.15, 0.2) is 5.16 Å². The van der Waals surface area contributed by atoms with Crippen LogP contribution >= 0.6 is 11.8 Å². The predicted octanol–water partition coefficient (Wildman–Crippen LogP) is 4.64. The number of rotatable bonds is 7. The van der Waals surface area contributed by atoms with E-state index in [1.165, 1.54) is 16.3 Å². The monoisotopic (exact) mass is 444 g/mol. The van der Waals surface area contributed by atoms with E-state index in [4.69, 9.17) is 0 Å². The van der Waals surface area contributed by atoms with Crippen LogP contribution in [0.5, 0.6) is 0 Å². The maximum Gasteiger partial charge on any atom is 0.266 e. The Morgan fingerprint density at radius 3 is 2.44 bits per heavy atom. The van der Waals surface area contributed by atoms with Gasteiger partial charge < -0.3 is 5.32 Å². The molecule has 0 saturated heterocycles. The van der Waals surface area contributed by atoms with Crippen molar-refractivity contribution in [2.24, 2.45) is 0 Å². The van der Waals surface area contributed by atoms with Crippen molar-refractivity contribution in [1.29, 1.82) is 0 Å². The summed E-state index contributed by atoms with van der Waals surface area (Å²) in [5.74, 6) is -0.00237. The van der Waals surface area contributed by atoms with Crippen molar-refractivity contribution < 1.29 is 4.79 Å². The van der Waals surface area contributed by atoms with Gasteiger partial charge in [-0.25, -0.2) is 4.98 Å². The molecule has 0 atom stereocenters. The number of carbonyl (C=O) groups is 1. The number of nitrogens with zero attached hydrogens (tertiary/aromatic N) is 3. The summed E-state index contributed by atoms with van der Waals surface area (Å²) < 4.78 is 1.52. The Hall–Kier alpha value is -3.45. The number of anilines is 1. The number of benzene rings is 2. The molecule has 1 amide bonds. The van der Waals surface area contributed by atoms with E-state index in [1.54, 1.807) is 36.7 Å². The zero-order valence-corrected chi connectivity index (χ0v) is 18.9. The van der Waals surface area contributed by atoms with Gasteiger partial charge in [0.25, 0.3) is 5.56 Å². The summed E-state index contributed by atoms with van der Waals surface area (Å²) in [5, 5.41) is 4.05. The van der Waals surface area contributed by atoms with Crippen LogP contribution < -0.4 is 10.9 Å². The second kappa shape index (κ2) is 9.78. The fraction of sp³-hybridized carbons (Fsp3) is 0.200. The van der Waals surface area contributed by atoms with Crippen molar-refractivity contribution >= 4 is 34.3 Å². The zero-order valence-electron chi connectivity index (χ0n) is 18.0. The molecule has 0 aliphatic heterocycles. The predicted molar refractivity (Wildman–Crippen MR) is 130 cm³/mol. The van der Waals surface area contributed by atoms with Crippen molar-refractivity contribution in [2.45, 2.75) is 31.8 Å². The molecule has 0 saturated carbocycles. The number of hydrogen-bond acceptors (Lipinski definition) is 5. The van der Waals surface area contributed by atoms with Crippen LogP contribution in [0.1, 0.15) is 25.0 Å². The minimum Gasteiger partial charge on any atom is -0.325 e. The molecule has 2 aromatic heterocycles. The molecule has 2 aromatic carbocycles. The molecule has 32 heavy (non-hydrogen) atoms. The molecule has 2 heterocycles. The van der Waals surface area contributed by atoms with Gasteiger partial charge in [-0.2, -0.15) is 0 Å². The van der Waals surface area contributed by atoms with Gasteiger partial charge in [0, 0.05) is 11.9 Å². The number of aromatic nitrogens is 3. The number of pyridine rings is 1. The van der Waals surface area contributed by atoms with Crippen LogP contribution in [-0.2, 0) is 17.6 Å². The van der Waals surface area contributed by atoms with E-state index in [9.17, 15) is 9.59 Å². The normalized spacial score (nSPS) is 10.9. The van der Waals surface area contributed by atoms with E-state index < -0.39 is 0 Å². The molecule has 0 aliphatic carbocycles. The first-order valence-corrected chi connectivity index (χ1v) is 11.6. The highest BCUT2D eigenvalue weighted by Crippen LogP contribution is 2.24. The maximum atomic E-state index is 13.2. The summed E-state index contributed by atoms with van der Waals surface area (Å²) in [4.78, 5) is 34.9. The molecule has 0 aliphatic rings. The summed E-state index contributed by atoms with van der Waals surface area (Å²) in [7, 11) is 0. The minimum absolute atomic E-state index is 0.131. The van der Waals surface area contributed by atoms with Crippen molar-refractivity contribution in [3.63, 3.8) is 0 Å². The van der Waals surface area contributed by atoms with Crippen molar-refractivity contribution in [3.05, 3.63) is 88.5 Å². The molecule has 7 heteroatoms. The van der Waals surface area contributed by atoms with E-state index >= 15 is 0 Å². The first kappa shape index (κ1) is 21.8. The van der Waals surface area contributed by atoms with Gasteiger partial charge in [0.1, 0.15) is 0 Å². The smallest absolute Gasteiger partial charge is 0.266 e. The number of carbonyl (C=O) groups excluding carboxylic acids is 1. The van der Waals surface area contributed by atoms with Crippen molar-refractivity contribution in [1.82, 2.24) is 14.5 Å². The summed E-state index contributed by atoms with van der Waals surface area (Å²) in [6, 6.07) is 16.9. The van der Waals surface area contributed by atoms with Gasteiger partial charge in [-0.15, -0.1) is 0 Å². The first-order valence-electron chi connectivity index (χ1n) is 10.6. The molecule has 6 nitrogen and oxygen atoms in total. The highest BCUT2D eigenvalue weighted by atomic mass is 32.2. The van der Waals surface area contributed by atoms with Crippen LogP contribution in [0, 0.1) is 0 Å². The number of amides is 1. The van der Waals surface area contributed by atoms with Gasteiger partial charge in [-0.3, -0.25) is 19.1 Å². The van der Waals surface area contributed by atoms with Crippen LogP contribution in [0.4, 0.5) is 5.69 Å². The third kappa shape index (κ3) is 4.43. The highest BCUT2D eigenvalue weighted by molar-refractivity contribution is 7.99. The Labute approximate surface area is 190 Å². The standard InChI is InChI=1S/C25H24N4O2S/c1-3-17-9-7-10-18(4-2)23(17)28-22(30)16-32-25-27-21-13-6-5-12-20(21)24(31)29(25)19-11-8-14-26-15-19/h5-15H,3-4,16H2,1-2H3,(H,28,30). The lowest BCUT2D eigenvalue weighted by atomic mass is 10.0. The molecule has 162 valence electrons. The molecule has 0 fully saturated rings. The van der Waals surface area contributed by atoms with E-state index in [0.717, 1.165) is 29.7 Å². The average molecular weight is 445 g/mol. The number of aryl methyl sites for hydroxylation is 2. The molecule has 4 rings (SSSR count). The Balaban J connectivity index is 1.65. The van der Waals surface area contributed by atoms with Gasteiger partial charge in [-0.1, -0.05) is 55.9 Å². The second-order valence-electron chi connectivity index (χ2n) is 7.26. The first-order chi connectivity index (χ1) is 15.6. The van der Waals surface area contributed by atoms with Gasteiger partial charge in [0.05, 0.1) is 28.5 Å². The average Bonchev–Trinajstić information content (AvgIpc) is 2.83. The quantitative estimate of drug-likeness (QED) is 0.332. The van der Waals surface area contributed by atoms with Crippen molar-refractivity contribution in [3.8, 4) is 5.69 Å². The molecule has 0 unspecified atom stereocenters. The van der Waals surface area contributed by atoms with Gasteiger partial charge >= 0.3 is 0 Å². The van der Waals surface area contributed by atoms with Crippen LogP contribution in [0.15, 0.2) is 76.9 Å². The second-order valence-corrected chi connectivity index (χ2v) is 8.20. The van der Waals surface area contributed by atoms with Crippen LogP contribution in [0.3, 0.4) is 0 Å². The SMILES string of the molecule is CCc1cccc(CC)c1NC(=O)CSc1nc2ccccc2c(=O)n1-c1cccnc1. The van der Waals surface area contributed by atoms with Crippen LogP contribution in [0.2, 0.25) is 0 Å². The Morgan fingerprint density at radius 2 is 1.75 bits per heavy atom. The summed E-state index contributed by atoms with van der Waals surface area (Å²) in [6.45, 7) is 4.15. The maximum absolute atomic E-state index is 13.2. The summed E-state index contributed by atoms with van der Waals surface area (Å²) in [5.41, 5.74) is 4.14. The van der Waals surface area contributed by atoms with E-state index in [2.05, 4.69) is 29.1 Å². The summed E-state index contributed by atoms with van der Waals surface area (Å²) in [6.07, 6.45) is 4.94. The van der Waals surface area contributed by atoms with E-state index in [0.29, 0.717) is 21.7 Å². The lowest BCUT2D eigenvalue weighted by Crippen LogP contribution is -2.23. The third-order valence-electron chi connectivity index (χ3n) is 5.24. The molecule has 4 aromatic rings. The summed E-state index contributed by atoms with van der Waals surface area (Å²) >= 11 is 1.24. The fourth-order valence-electron chi connectivity index (χ4n) is 3.63. The Morgan fingerprint density at radius 1 is 1.00 bits per heavy atom. The molecule has 0 radical (unpaired) electrons. The van der Waals surface area contributed by atoms with Crippen LogP contribution in [-0.4, -0.2) is 26.2 Å². The van der Waals surface area contributed by atoms with Gasteiger partial charge in [0.2, 0.25) is 5.91 Å². The molecule has 1 N–H and O–H groups in total. The topological polar surface area (TPSA) is 76.9 Å². The number of nitrogens with one attached hydrogen (secondary N) is 1. The number of para-hydroxylation sites is 2. The Bertz CT molecular complexity index is 1300. The molecular formula is C25H24N4O2S. The van der Waals surface area contributed by atoms with Crippen molar-refractivity contribution in [2.75, 3.05) is 11.1 Å². The number of thioether (sulfide) groups is 1. The number of fused-ring (bicyclic) bond motifs is 1. The lowest BCUT2D eigenvalue weighted by molar-refractivity contribution is -0.113. The number of hydrogen-bond donors (Lipinski definition) is 1. The van der Waals surface area contributed by atoms with Gasteiger partial charge in [-0.05, 0) is 48.2 Å². The fourth-order valence-corrected chi connectivity index (χ4v) is 4.44. The molecular weight excluding hydrogens is 420 g/mol. The highest BCUT2D eigenvalue weighted by Gasteiger charge is 2.16. The van der Waals surface area contributed by atoms with E-state index in [1.807, 2.05) is 30.3 Å². The van der Waals surface area contributed by atoms with Crippen LogP contribution in [0.25, 0.3) is 16.6 Å². The minimum atomic E-state index is -0.184. The lowest BCUT2D eigenvalue weighted by Gasteiger charge is -2.15. The molecule has 0 spiro atoms. The largest absolute Gasteiger partial charge is 0.325 e. The van der Waals surface area contributed by atoms with E-state index in [-0.39, 0.29) is 17.2 Å². The molecule has 0 bridgehead atoms. The Kier molecular flexibility index (Phi) is 6.66. The third-order valence-corrected chi connectivity index (χ3v) is 6.18. The zero-order chi connectivity index (χ0) is 22.5.